The van der Waals surface area contributed by atoms with Crippen molar-refractivity contribution in [1.82, 2.24) is 0 Å². The maximum absolute atomic E-state index is 12.7. The molecular weight excluding hydrogens is 401 g/mol. The van der Waals surface area contributed by atoms with Gasteiger partial charge in [-0.15, -0.1) is 0 Å². The van der Waals surface area contributed by atoms with Crippen molar-refractivity contribution in [2.24, 2.45) is 0 Å². The van der Waals surface area contributed by atoms with Crippen molar-refractivity contribution in [2.75, 3.05) is 4.90 Å². The molecule has 25 heavy (non-hydrogen) atoms. The van der Waals surface area contributed by atoms with Gasteiger partial charge in [0.2, 0.25) is 0 Å². The van der Waals surface area contributed by atoms with Crippen LogP contribution in [0.15, 0.2) is 47.4 Å². The van der Waals surface area contributed by atoms with Crippen LogP contribution in [-0.4, -0.2) is 21.3 Å². The number of aromatic carboxylic acids is 1. The van der Waals surface area contributed by atoms with E-state index >= 15 is 0 Å². The monoisotopic (exact) mass is 409 g/mol. The van der Waals surface area contributed by atoms with Crippen molar-refractivity contribution in [3.05, 3.63) is 68.5 Å². The summed E-state index contributed by atoms with van der Waals surface area (Å²) >= 11 is 18.5. The Morgan fingerprint density at radius 1 is 1.16 bits per heavy atom. The summed E-state index contributed by atoms with van der Waals surface area (Å²) in [6.07, 6.45) is 1.66. The summed E-state index contributed by atoms with van der Waals surface area (Å²) in [5, 5.41) is 9.90. The number of benzene rings is 2. The van der Waals surface area contributed by atoms with E-state index in [1.54, 1.807) is 36.4 Å². The molecule has 126 valence electrons. The standard InChI is InChI=1S/C17H9Cl2NO3S2/c18-11-4-1-10(13(19)8-11)7-14-15(21)20(17(24)25-14)12-5-2-9(3-6-12)16(22)23/h1-8H,(H,22,23)/b14-7-. The first-order valence-corrected chi connectivity index (χ1v) is 8.91. The van der Waals surface area contributed by atoms with E-state index in [0.29, 0.717) is 30.5 Å². The summed E-state index contributed by atoms with van der Waals surface area (Å²) in [6, 6.07) is 11.0. The maximum atomic E-state index is 12.7. The van der Waals surface area contributed by atoms with Gasteiger partial charge < -0.3 is 5.11 Å². The molecule has 4 nitrogen and oxygen atoms in total. The lowest BCUT2D eigenvalue weighted by molar-refractivity contribution is -0.113. The number of carbonyl (C=O) groups is 2. The zero-order valence-electron chi connectivity index (χ0n) is 12.4. The molecule has 0 unspecified atom stereocenters. The Labute approximate surface area is 163 Å². The summed E-state index contributed by atoms with van der Waals surface area (Å²) in [4.78, 5) is 25.4. The van der Waals surface area contributed by atoms with Crippen molar-refractivity contribution in [3.63, 3.8) is 0 Å². The van der Waals surface area contributed by atoms with Crippen LogP contribution in [-0.2, 0) is 4.79 Å². The van der Waals surface area contributed by atoms with Gasteiger partial charge in [-0.05, 0) is 48.0 Å². The van der Waals surface area contributed by atoms with Gasteiger partial charge in [0.15, 0.2) is 4.32 Å². The van der Waals surface area contributed by atoms with Crippen LogP contribution in [0.5, 0.6) is 0 Å². The lowest BCUT2D eigenvalue weighted by atomic mass is 10.2. The van der Waals surface area contributed by atoms with Crippen LogP contribution in [0.4, 0.5) is 5.69 Å². The fraction of sp³-hybridized carbons (Fsp3) is 0. The van der Waals surface area contributed by atoms with Gasteiger partial charge in [-0.1, -0.05) is 53.2 Å². The molecule has 1 saturated heterocycles. The van der Waals surface area contributed by atoms with E-state index in [1.165, 1.54) is 17.0 Å². The molecule has 8 heteroatoms. The smallest absolute Gasteiger partial charge is 0.335 e. The van der Waals surface area contributed by atoms with Crippen molar-refractivity contribution in [2.45, 2.75) is 0 Å². The first-order valence-electron chi connectivity index (χ1n) is 6.93. The van der Waals surface area contributed by atoms with Crippen LogP contribution in [0.3, 0.4) is 0 Å². The number of thioether (sulfide) groups is 1. The Bertz CT molecular complexity index is 926. The topological polar surface area (TPSA) is 57.6 Å². The molecule has 1 amide bonds. The van der Waals surface area contributed by atoms with E-state index in [2.05, 4.69) is 0 Å². The number of carbonyl (C=O) groups excluding carboxylic acids is 1. The molecule has 2 aromatic carbocycles. The second-order valence-electron chi connectivity index (χ2n) is 5.03. The molecule has 3 rings (SSSR count). The van der Waals surface area contributed by atoms with Crippen LogP contribution < -0.4 is 4.90 Å². The highest BCUT2D eigenvalue weighted by molar-refractivity contribution is 8.27. The highest BCUT2D eigenvalue weighted by Gasteiger charge is 2.33. The quantitative estimate of drug-likeness (QED) is 0.564. The number of halogens is 2. The lowest BCUT2D eigenvalue weighted by Crippen LogP contribution is -2.27. The van der Waals surface area contributed by atoms with E-state index in [4.69, 9.17) is 40.5 Å². The van der Waals surface area contributed by atoms with Gasteiger partial charge in [-0.2, -0.15) is 0 Å². The van der Waals surface area contributed by atoms with Crippen LogP contribution in [0.2, 0.25) is 10.0 Å². The zero-order chi connectivity index (χ0) is 18.1. The molecule has 1 fully saturated rings. The summed E-state index contributed by atoms with van der Waals surface area (Å²) in [5.41, 5.74) is 1.31. The van der Waals surface area contributed by atoms with Gasteiger partial charge in [0, 0.05) is 10.0 Å². The van der Waals surface area contributed by atoms with Crippen LogP contribution in [0.25, 0.3) is 6.08 Å². The third-order valence-electron chi connectivity index (χ3n) is 3.42. The van der Waals surface area contributed by atoms with Crippen molar-refractivity contribution >= 4 is 75.1 Å². The Hall–Kier alpha value is -1.86. The van der Waals surface area contributed by atoms with E-state index in [-0.39, 0.29) is 11.5 Å². The summed E-state index contributed by atoms with van der Waals surface area (Å²) in [7, 11) is 0. The number of amides is 1. The molecule has 0 spiro atoms. The zero-order valence-corrected chi connectivity index (χ0v) is 15.5. The fourth-order valence-electron chi connectivity index (χ4n) is 2.20. The van der Waals surface area contributed by atoms with Crippen LogP contribution >= 0.6 is 47.2 Å². The Balaban J connectivity index is 1.92. The van der Waals surface area contributed by atoms with Gasteiger partial charge in [0.1, 0.15) is 0 Å². The molecule has 0 bridgehead atoms. The highest BCUT2D eigenvalue weighted by Crippen LogP contribution is 2.37. The second kappa shape index (κ2) is 7.17. The van der Waals surface area contributed by atoms with Gasteiger partial charge in [-0.3, -0.25) is 9.69 Å². The van der Waals surface area contributed by atoms with E-state index in [1.807, 2.05) is 0 Å². The van der Waals surface area contributed by atoms with Crippen molar-refractivity contribution < 1.29 is 14.7 Å². The number of thiocarbonyl (C=S) groups is 1. The Morgan fingerprint density at radius 3 is 2.44 bits per heavy atom. The number of nitrogens with zero attached hydrogens (tertiary/aromatic N) is 1. The maximum Gasteiger partial charge on any atom is 0.335 e. The largest absolute Gasteiger partial charge is 0.478 e. The predicted octanol–water partition coefficient (Wildman–Crippen LogP) is 5.10. The second-order valence-corrected chi connectivity index (χ2v) is 7.55. The predicted molar refractivity (Wildman–Crippen MR) is 106 cm³/mol. The highest BCUT2D eigenvalue weighted by atomic mass is 35.5. The van der Waals surface area contributed by atoms with Gasteiger partial charge >= 0.3 is 5.97 Å². The average Bonchev–Trinajstić information content (AvgIpc) is 2.84. The molecule has 0 aromatic heterocycles. The minimum atomic E-state index is -1.03. The number of rotatable bonds is 3. The number of anilines is 1. The van der Waals surface area contributed by atoms with E-state index in [0.717, 1.165) is 11.8 Å². The van der Waals surface area contributed by atoms with E-state index < -0.39 is 5.97 Å². The molecule has 1 N–H and O–H groups in total. The summed E-state index contributed by atoms with van der Waals surface area (Å²) in [6.45, 7) is 0. The van der Waals surface area contributed by atoms with Crippen molar-refractivity contribution in [3.8, 4) is 0 Å². The van der Waals surface area contributed by atoms with Crippen LogP contribution in [0, 0.1) is 0 Å². The molecule has 1 aliphatic heterocycles. The van der Waals surface area contributed by atoms with Gasteiger partial charge in [0.05, 0.1) is 16.2 Å². The van der Waals surface area contributed by atoms with Crippen LogP contribution in [0.1, 0.15) is 15.9 Å². The number of hydrogen-bond donors (Lipinski definition) is 1. The molecule has 0 saturated carbocycles. The Morgan fingerprint density at radius 2 is 1.84 bits per heavy atom. The molecule has 2 aromatic rings. The SMILES string of the molecule is O=C(O)c1ccc(N2C(=O)/C(=C/c3ccc(Cl)cc3Cl)SC2=S)cc1. The molecule has 0 radical (unpaired) electrons. The first-order chi connectivity index (χ1) is 11.9. The number of carboxylic acid groups (broad SMARTS) is 1. The van der Waals surface area contributed by atoms with Crippen molar-refractivity contribution in [1.29, 1.82) is 0 Å². The Kier molecular flexibility index (Phi) is 5.15. The van der Waals surface area contributed by atoms with Gasteiger partial charge in [0.25, 0.3) is 5.91 Å². The minimum Gasteiger partial charge on any atom is -0.478 e. The normalized spacial score (nSPS) is 15.9. The third-order valence-corrected chi connectivity index (χ3v) is 5.28. The minimum absolute atomic E-state index is 0.137. The summed E-state index contributed by atoms with van der Waals surface area (Å²) < 4.78 is 0.365. The number of hydrogen-bond acceptors (Lipinski definition) is 4. The lowest BCUT2D eigenvalue weighted by Gasteiger charge is -2.14. The third kappa shape index (κ3) is 3.72. The van der Waals surface area contributed by atoms with E-state index in [9.17, 15) is 9.59 Å². The van der Waals surface area contributed by atoms with Gasteiger partial charge in [-0.25, -0.2) is 4.79 Å². The first kappa shape index (κ1) is 17.9. The molecule has 0 aliphatic carbocycles. The molecule has 0 atom stereocenters. The number of carboxylic acids is 1. The average molecular weight is 410 g/mol. The molecular formula is C17H9Cl2NO3S2. The fourth-order valence-corrected chi connectivity index (χ4v) is 3.96. The summed E-state index contributed by atoms with van der Waals surface area (Å²) in [5.74, 6) is -1.32. The molecule has 1 heterocycles. The molecule has 1 aliphatic rings.